The second-order valence-corrected chi connectivity index (χ2v) is 6.02. The summed E-state index contributed by atoms with van der Waals surface area (Å²) in [6, 6.07) is 7.52. The van der Waals surface area contributed by atoms with E-state index < -0.39 is 0 Å². The van der Waals surface area contributed by atoms with E-state index in [9.17, 15) is 4.79 Å². The predicted molar refractivity (Wildman–Crippen MR) is 83.3 cm³/mol. The molecule has 1 amide bonds. The Labute approximate surface area is 121 Å². The van der Waals surface area contributed by atoms with Crippen molar-refractivity contribution in [2.45, 2.75) is 45.4 Å². The molecule has 0 aliphatic heterocycles. The third-order valence-electron chi connectivity index (χ3n) is 4.48. The van der Waals surface area contributed by atoms with Crippen molar-refractivity contribution < 1.29 is 4.79 Å². The zero-order chi connectivity index (χ0) is 14.4. The molecule has 0 saturated heterocycles. The summed E-state index contributed by atoms with van der Waals surface area (Å²) in [4.78, 5) is 11.9. The minimum absolute atomic E-state index is 0.118. The predicted octanol–water partition coefficient (Wildman–Crippen LogP) is 3.14. The van der Waals surface area contributed by atoms with Crippen molar-refractivity contribution in [1.82, 2.24) is 5.32 Å². The quantitative estimate of drug-likeness (QED) is 0.810. The normalized spacial score (nSPS) is 22.4. The molecular weight excluding hydrogens is 248 g/mol. The van der Waals surface area contributed by atoms with Gasteiger partial charge in [0.1, 0.15) is 0 Å². The van der Waals surface area contributed by atoms with Gasteiger partial charge < -0.3 is 11.1 Å². The van der Waals surface area contributed by atoms with Crippen LogP contribution in [0.25, 0.3) is 0 Å². The van der Waals surface area contributed by atoms with Crippen molar-refractivity contribution in [1.29, 1.82) is 0 Å². The molecule has 0 aromatic heterocycles. The smallest absolute Gasteiger partial charge is 0.224 e. The molecule has 1 saturated carbocycles. The highest BCUT2D eigenvalue weighted by Gasteiger charge is 2.20. The molecule has 1 fully saturated rings. The Kier molecular flexibility index (Phi) is 5.45. The van der Waals surface area contributed by atoms with E-state index in [1.165, 1.54) is 32.1 Å². The topological polar surface area (TPSA) is 55.1 Å². The van der Waals surface area contributed by atoms with Gasteiger partial charge in [-0.1, -0.05) is 38.3 Å². The van der Waals surface area contributed by atoms with Gasteiger partial charge in [0.05, 0.1) is 6.42 Å². The molecule has 1 aromatic rings. The van der Waals surface area contributed by atoms with Crippen LogP contribution in [0.15, 0.2) is 24.3 Å². The lowest BCUT2D eigenvalue weighted by Crippen LogP contribution is -2.32. The zero-order valence-electron chi connectivity index (χ0n) is 12.4. The minimum Gasteiger partial charge on any atom is -0.399 e. The number of amides is 1. The Morgan fingerprint density at radius 2 is 1.75 bits per heavy atom. The van der Waals surface area contributed by atoms with Gasteiger partial charge in [0.2, 0.25) is 5.91 Å². The van der Waals surface area contributed by atoms with Gasteiger partial charge in [-0.15, -0.1) is 0 Å². The van der Waals surface area contributed by atoms with E-state index in [1.54, 1.807) is 0 Å². The highest BCUT2D eigenvalue weighted by molar-refractivity contribution is 5.78. The number of anilines is 1. The van der Waals surface area contributed by atoms with Crippen LogP contribution in [0.1, 0.15) is 44.6 Å². The number of hydrogen-bond acceptors (Lipinski definition) is 2. The molecule has 0 bridgehead atoms. The van der Waals surface area contributed by atoms with Crippen LogP contribution in [-0.2, 0) is 11.2 Å². The van der Waals surface area contributed by atoms with E-state index in [2.05, 4.69) is 12.2 Å². The first kappa shape index (κ1) is 14.9. The molecule has 20 heavy (non-hydrogen) atoms. The third kappa shape index (κ3) is 4.55. The molecule has 0 spiro atoms. The number of rotatable bonds is 5. The standard InChI is InChI=1S/C17H26N2O/c1-2-13-3-5-15(6-4-13)12-19-17(20)11-14-7-9-16(18)10-8-14/h7-10,13,15H,2-6,11-12,18H2,1H3,(H,19,20). The van der Waals surface area contributed by atoms with Crippen molar-refractivity contribution in [3.63, 3.8) is 0 Å². The van der Waals surface area contributed by atoms with Gasteiger partial charge in [-0.05, 0) is 42.4 Å². The molecule has 1 aliphatic carbocycles. The fourth-order valence-electron chi connectivity index (χ4n) is 2.99. The second kappa shape index (κ2) is 7.32. The van der Waals surface area contributed by atoms with Crippen molar-refractivity contribution >= 4 is 11.6 Å². The number of benzene rings is 1. The van der Waals surface area contributed by atoms with Gasteiger partial charge in [0.25, 0.3) is 0 Å². The number of nitrogen functional groups attached to an aromatic ring is 1. The van der Waals surface area contributed by atoms with E-state index in [0.717, 1.165) is 23.7 Å². The van der Waals surface area contributed by atoms with Crippen molar-refractivity contribution in [3.05, 3.63) is 29.8 Å². The highest BCUT2D eigenvalue weighted by Crippen LogP contribution is 2.30. The summed E-state index contributed by atoms with van der Waals surface area (Å²) in [6.45, 7) is 3.11. The first-order valence-corrected chi connectivity index (χ1v) is 7.78. The molecule has 0 radical (unpaired) electrons. The van der Waals surface area contributed by atoms with E-state index in [1.807, 2.05) is 24.3 Å². The summed E-state index contributed by atoms with van der Waals surface area (Å²) in [7, 11) is 0. The Bertz CT molecular complexity index is 419. The first-order chi connectivity index (χ1) is 9.67. The van der Waals surface area contributed by atoms with Gasteiger partial charge in [-0.25, -0.2) is 0 Å². The molecule has 1 aromatic carbocycles. The minimum atomic E-state index is 0.118. The molecule has 1 aliphatic rings. The molecule has 3 heteroatoms. The number of nitrogens with one attached hydrogen (secondary N) is 1. The fourth-order valence-corrected chi connectivity index (χ4v) is 2.99. The largest absolute Gasteiger partial charge is 0.399 e. The highest BCUT2D eigenvalue weighted by atomic mass is 16.1. The summed E-state index contributed by atoms with van der Waals surface area (Å²) in [5.41, 5.74) is 7.39. The van der Waals surface area contributed by atoms with Crippen molar-refractivity contribution in [2.24, 2.45) is 11.8 Å². The molecule has 3 N–H and O–H groups in total. The summed E-state index contributed by atoms with van der Waals surface area (Å²) < 4.78 is 0. The lowest BCUT2D eigenvalue weighted by Gasteiger charge is -2.27. The summed E-state index contributed by atoms with van der Waals surface area (Å²) in [6.07, 6.45) is 6.94. The van der Waals surface area contributed by atoms with Crippen molar-refractivity contribution in [2.75, 3.05) is 12.3 Å². The maximum absolute atomic E-state index is 11.9. The van der Waals surface area contributed by atoms with Gasteiger partial charge in [-0.2, -0.15) is 0 Å². The second-order valence-electron chi connectivity index (χ2n) is 6.02. The van der Waals surface area contributed by atoms with Crippen molar-refractivity contribution in [3.8, 4) is 0 Å². The third-order valence-corrected chi connectivity index (χ3v) is 4.48. The monoisotopic (exact) mass is 274 g/mol. The lowest BCUT2D eigenvalue weighted by atomic mass is 9.81. The summed E-state index contributed by atoms with van der Waals surface area (Å²) >= 11 is 0. The van der Waals surface area contributed by atoms with Gasteiger partial charge in [0.15, 0.2) is 0 Å². The lowest BCUT2D eigenvalue weighted by molar-refractivity contribution is -0.120. The van der Waals surface area contributed by atoms with Gasteiger partial charge >= 0.3 is 0 Å². The van der Waals surface area contributed by atoms with Crippen LogP contribution in [0.3, 0.4) is 0 Å². The first-order valence-electron chi connectivity index (χ1n) is 7.78. The van der Waals surface area contributed by atoms with E-state index >= 15 is 0 Å². The van der Waals surface area contributed by atoms with Crippen LogP contribution in [0.5, 0.6) is 0 Å². The number of carbonyl (C=O) groups excluding carboxylic acids is 1. The Morgan fingerprint density at radius 1 is 1.15 bits per heavy atom. The molecular formula is C17H26N2O. The average molecular weight is 274 g/mol. The molecule has 3 nitrogen and oxygen atoms in total. The average Bonchev–Trinajstić information content (AvgIpc) is 2.48. The molecule has 110 valence electrons. The SMILES string of the molecule is CCC1CCC(CNC(=O)Cc2ccc(N)cc2)CC1. The van der Waals surface area contributed by atoms with Crippen LogP contribution in [0.4, 0.5) is 5.69 Å². The summed E-state index contributed by atoms with van der Waals surface area (Å²) in [5.74, 6) is 1.71. The number of carbonyl (C=O) groups is 1. The maximum atomic E-state index is 11.9. The zero-order valence-corrected chi connectivity index (χ0v) is 12.4. The van der Waals surface area contributed by atoms with Crippen LogP contribution in [-0.4, -0.2) is 12.5 Å². The number of hydrogen-bond donors (Lipinski definition) is 2. The Morgan fingerprint density at radius 3 is 2.35 bits per heavy atom. The summed E-state index contributed by atoms with van der Waals surface area (Å²) in [5, 5.41) is 3.08. The molecule has 0 heterocycles. The number of nitrogens with two attached hydrogens (primary N) is 1. The Balaban J connectivity index is 1.69. The molecule has 0 unspecified atom stereocenters. The maximum Gasteiger partial charge on any atom is 0.224 e. The van der Waals surface area contributed by atoms with E-state index in [4.69, 9.17) is 5.73 Å². The van der Waals surface area contributed by atoms with Crippen LogP contribution in [0.2, 0.25) is 0 Å². The van der Waals surface area contributed by atoms with Gasteiger partial charge in [-0.3, -0.25) is 4.79 Å². The van der Waals surface area contributed by atoms with Crippen LogP contribution >= 0.6 is 0 Å². The fraction of sp³-hybridized carbons (Fsp3) is 0.588. The molecule has 2 rings (SSSR count). The van der Waals surface area contributed by atoms with E-state index in [0.29, 0.717) is 12.3 Å². The van der Waals surface area contributed by atoms with E-state index in [-0.39, 0.29) is 5.91 Å². The van der Waals surface area contributed by atoms with Crippen LogP contribution < -0.4 is 11.1 Å². The van der Waals surface area contributed by atoms with Gasteiger partial charge in [0, 0.05) is 12.2 Å². The molecule has 0 atom stereocenters. The Hall–Kier alpha value is -1.51. The van der Waals surface area contributed by atoms with Crippen LogP contribution in [0, 0.1) is 11.8 Å².